The molecule has 0 atom stereocenters. The molecule has 7 heteroatoms. The van der Waals surface area contributed by atoms with E-state index >= 15 is 0 Å². The van der Waals surface area contributed by atoms with Crippen molar-refractivity contribution < 1.29 is 0 Å². The highest BCUT2D eigenvalue weighted by atomic mass is 35.5. The summed E-state index contributed by atoms with van der Waals surface area (Å²) in [6.45, 7) is 5.99. The topological polar surface area (TPSA) is 66.6 Å². The smallest absolute Gasteiger partial charge is 0.191 e. The van der Waals surface area contributed by atoms with Crippen molar-refractivity contribution in [1.29, 1.82) is 0 Å². The van der Waals surface area contributed by atoms with Crippen LogP contribution in [0.25, 0.3) is 5.65 Å². The van der Waals surface area contributed by atoms with Gasteiger partial charge >= 0.3 is 0 Å². The highest BCUT2D eigenvalue weighted by molar-refractivity contribution is 6.30. The van der Waals surface area contributed by atoms with Crippen LogP contribution in [0.3, 0.4) is 0 Å². The van der Waals surface area contributed by atoms with E-state index in [4.69, 9.17) is 11.6 Å². The lowest BCUT2D eigenvalue weighted by Crippen LogP contribution is -2.43. The summed E-state index contributed by atoms with van der Waals surface area (Å²) in [7, 11) is 1.78. The molecule has 0 amide bonds. The Labute approximate surface area is 171 Å². The average molecular weight is 399 g/mol. The number of pyridine rings is 1. The van der Waals surface area contributed by atoms with E-state index in [-0.39, 0.29) is 5.41 Å². The predicted molar refractivity (Wildman–Crippen MR) is 115 cm³/mol. The number of aliphatic imine (C=N–C) groups is 1. The first kappa shape index (κ1) is 20.1. The summed E-state index contributed by atoms with van der Waals surface area (Å²) in [6, 6.07) is 13.9. The zero-order chi connectivity index (χ0) is 20.0. The molecule has 0 aliphatic heterocycles. The van der Waals surface area contributed by atoms with Crippen LogP contribution in [0.4, 0.5) is 0 Å². The van der Waals surface area contributed by atoms with Crippen LogP contribution >= 0.6 is 11.6 Å². The number of fused-ring (bicyclic) bond motifs is 1. The summed E-state index contributed by atoms with van der Waals surface area (Å²) in [5.41, 5.74) is 2.16. The zero-order valence-corrected chi connectivity index (χ0v) is 17.4. The van der Waals surface area contributed by atoms with Gasteiger partial charge in [0.25, 0.3) is 0 Å². The monoisotopic (exact) mass is 398 g/mol. The van der Waals surface area contributed by atoms with E-state index in [1.54, 1.807) is 7.05 Å². The highest BCUT2D eigenvalue weighted by Crippen LogP contribution is 2.22. The summed E-state index contributed by atoms with van der Waals surface area (Å²) in [4.78, 5) is 4.32. The van der Waals surface area contributed by atoms with Crippen molar-refractivity contribution in [3.63, 3.8) is 0 Å². The Balaban J connectivity index is 1.49. The number of guanidine groups is 1. The van der Waals surface area contributed by atoms with E-state index in [1.165, 1.54) is 5.56 Å². The minimum absolute atomic E-state index is 0.0610. The van der Waals surface area contributed by atoms with Crippen molar-refractivity contribution in [1.82, 2.24) is 25.2 Å². The van der Waals surface area contributed by atoms with Crippen LogP contribution < -0.4 is 10.6 Å². The molecular formula is C21H27ClN6. The van der Waals surface area contributed by atoms with Crippen LogP contribution in [0.2, 0.25) is 5.02 Å². The second kappa shape index (κ2) is 9.06. The Bertz CT molecular complexity index is 947. The van der Waals surface area contributed by atoms with Crippen LogP contribution in [-0.2, 0) is 12.8 Å². The van der Waals surface area contributed by atoms with Gasteiger partial charge < -0.3 is 10.6 Å². The molecule has 2 heterocycles. The Kier molecular flexibility index (Phi) is 6.52. The number of nitrogens with zero attached hydrogens (tertiary/aromatic N) is 4. The van der Waals surface area contributed by atoms with Crippen molar-refractivity contribution in [2.45, 2.75) is 26.7 Å². The summed E-state index contributed by atoms with van der Waals surface area (Å²) < 4.78 is 2.01. The van der Waals surface area contributed by atoms with Crippen LogP contribution in [0.15, 0.2) is 53.7 Å². The molecule has 2 aromatic heterocycles. The first-order valence-corrected chi connectivity index (χ1v) is 9.82. The van der Waals surface area contributed by atoms with Crippen molar-refractivity contribution in [2.75, 3.05) is 20.1 Å². The average Bonchev–Trinajstić information content (AvgIpc) is 3.07. The molecule has 0 radical (unpaired) electrons. The van der Waals surface area contributed by atoms with Gasteiger partial charge in [0.1, 0.15) is 5.82 Å². The first-order valence-electron chi connectivity index (χ1n) is 9.44. The molecule has 0 aliphatic rings. The molecule has 148 valence electrons. The Hall–Kier alpha value is -2.60. The van der Waals surface area contributed by atoms with Gasteiger partial charge in [-0.05, 0) is 41.7 Å². The SMILES string of the molecule is CN=C(NCCc1nnc2ccccn12)NCC(C)(C)Cc1cccc(Cl)c1. The second-order valence-corrected chi connectivity index (χ2v) is 8.05. The fourth-order valence-corrected chi connectivity index (χ4v) is 3.37. The molecule has 0 aliphatic carbocycles. The summed E-state index contributed by atoms with van der Waals surface area (Å²) >= 11 is 6.10. The van der Waals surface area contributed by atoms with Crippen LogP contribution in [0, 0.1) is 5.41 Å². The lowest BCUT2D eigenvalue weighted by Gasteiger charge is -2.26. The fourth-order valence-electron chi connectivity index (χ4n) is 3.16. The van der Waals surface area contributed by atoms with E-state index in [1.807, 2.05) is 47.0 Å². The standard InChI is InChI=1S/C21H27ClN6/c1-21(2,14-16-7-6-8-17(22)13-16)15-25-20(23-3)24-11-10-19-27-26-18-9-4-5-12-28(18)19/h4-9,12-13H,10-11,14-15H2,1-3H3,(H2,23,24,25). The number of aromatic nitrogens is 3. The van der Waals surface area contributed by atoms with E-state index in [0.717, 1.165) is 48.4 Å². The number of benzene rings is 1. The summed E-state index contributed by atoms with van der Waals surface area (Å²) in [5.74, 6) is 1.72. The number of halogens is 1. The molecule has 0 bridgehead atoms. The molecule has 3 rings (SSSR count). The number of rotatable bonds is 7. The summed E-state index contributed by atoms with van der Waals surface area (Å²) in [6.07, 6.45) is 3.68. The van der Waals surface area contributed by atoms with Crippen LogP contribution in [-0.4, -0.2) is 40.7 Å². The molecule has 0 saturated carbocycles. The largest absolute Gasteiger partial charge is 0.356 e. The molecule has 0 unspecified atom stereocenters. The number of hydrogen-bond donors (Lipinski definition) is 2. The number of nitrogens with one attached hydrogen (secondary N) is 2. The third kappa shape index (κ3) is 5.45. The van der Waals surface area contributed by atoms with E-state index < -0.39 is 0 Å². The molecule has 1 aromatic carbocycles. The van der Waals surface area contributed by atoms with Crippen molar-refractivity contribution in [2.24, 2.45) is 10.4 Å². The predicted octanol–water partition coefficient (Wildman–Crippen LogP) is 3.36. The maximum Gasteiger partial charge on any atom is 0.191 e. The lowest BCUT2D eigenvalue weighted by molar-refractivity contribution is 0.359. The van der Waals surface area contributed by atoms with Gasteiger partial charge in [-0.1, -0.05) is 43.6 Å². The third-order valence-electron chi connectivity index (χ3n) is 4.56. The maximum atomic E-state index is 6.10. The molecule has 28 heavy (non-hydrogen) atoms. The van der Waals surface area contributed by atoms with Crippen molar-refractivity contribution in [3.05, 3.63) is 65.1 Å². The molecule has 0 fully saturated rings. The maximum absolute atomic E-state index is 6.10. The van der Waals surface area contributed by atoms with Gasteiger partial charge in [-0.15, -0.1) is 10.2 Å². The molecular weight excluding hydrogens is 372 g/mol. The van der Waals surface area contributed by atoms with Gasteiger partial charge in [-0.3, -0.25) is 9.39 Å². The van der Waals surface area contributed by atoms with E-state index in [2.05, 4.69) is 45.7 Å². The lowest BCUT2D eigenvalue weighted by atomic mass is 9.86. The van der Waals surface area contributed by atoms with Gasteiger partial charge in [-0.25, -0.2) is 0 Å². The third-order valence-corrected chi connectivity index (χ3v) is 4.79. The first-order chi connectivity index (χ1) is 13.5. The van der Waals surface area contributed by atoms with Gasteiger partial charge in [0.05, 0.1) is 0 Å². The van der Waals surface area contributed by atoms with Gasteiger partial charge in [-0.2, -0.15) is 0 Å². The normalized spacial score (nSPS) is 12.4. The zero-order valence-electron chi connectivity index (χ0n) is 16.6. The van der Waals surface area contributed by atoms with Crippen LogP contribution in [0.5, 0.6) is 0 Å². The summed E-state index contributed by atoms with van der Waals surface area (Å²) in [5, 5.41) is 16.0. The second-order valence-electron chi connectivity index (χ2n) is 7.62. The molecule has 6 nitrogen and oxygen atoms in total. The van der Waals surface area contributed by atoms with Gasteiger partial charge in [0, 0.05) is 37.8 Å². The number of hydrogen-bond acceptors (Lipinski definition) is 3. The van der Waals surface area contributed by atoms with Gasteiger partial charge in [0.15, 0.2) is 11.6 Å². The van der Waals surface area contributed by atoms with Crippen molar-refractivity contribution >= 4 is 23.2 Å². The fraction of sp³-hybridized carbons (Fsp3) is 0.381. The molecule has 3 aromatic rings. The Morgan fingerprint density at radius 1 is 1.14 bits per heavy atom. The van der Waals surface area contributed by atoms with Crippen molar-refractivity contribution in [3.8, 4) is 0 Å². The van der Waals surface area contributed by atoms with E-state index in [0.29, 0.717) is 0 Å². The highest BCUT2D eigenvalue weighted by Gasteiger charge is 2.19. The molecule has 2 N–H and O–H groups in total. The Morgan fingerprint density at radius 3 is 2.79 bits per heavy atom. The quantitative estimate of drug-likeness (QED) is 0.473. The van der Waals surface area contributed by atoms with E-state index in [9.17, 15) is 0 Å². The molecule has 0 spiro atoms. The molecule has 0 saturated heterocycles. The minimum atomic E-state index is 0.0610. The minimum Gasteiger partial charge on any atom is -0.356 e. The Morgan fingerprint density at radius 2 is 2.00 bits per heavy atom. The van der Waals surface area contributed by atoms with Gasteiger partial charge in [0.2, 0.25) is 0 Å². The van der Waals surface area contributed by atoms with Crippen LogP contribution in [0.1, 0.15) is 25.2 Å².